The van der Waals surface area contributed by atoms with E-state index in [1.165, 1.54) is 12.8 Å². The van der Waals surface area contributed by atoms with Gasteiger partial charge in [-0.3, -0.25) is 4.79 Å². The van der Waals surface area contributed by atoms with Crippen LogP contribution < -0.4 is 5.43 Å². The van der Waals surface area contributed by atoms with Crippen LogP contribution in [-0.2, 0) is 4.79 Å². The largest absolute Gasteiger partial charge is 0.342 e. The van der Waals surface area contributed by atoms with E-state index in [2.05, 4.69) is 26.6 Å². The summed E-state index contributed by atoms with van der Waals surface area (Å²) in [5.41, 5.74) is 6.61. The predicted octanol–water partition coefficient (Wildman–Crippen LogP) is 2.30. The van der Waals surface area contributed by atoms with E-state index in [9.17, 15) is 4.79 Å². The summed E-state index contributed by atoms with van der Waals surface area (Å²) in [7, 11) is 0. The van der Waals surface area contributed by atoms with Crippen LogP contribution in [0.25, 0.3) is 11.0 Å². The predicted molar refractivity (Wildman–Crippen MR) is 76.5 cm³/mol. The zero-order valence-corrected chi connectivity index (χ0v) is 11.3. The molecule has 1 saturated carbocycles. The van der Waals surface area contributed by atoms with E-state index in [0.717, 1.165) is 28.1 Å². The lowest BCUT2D eigenvalue weighted by Crippen LogP contribution is -2.31. The SMILES string of the molecule is CC1CC(=O)NN=C1c1ccc2nc(C3CC3)[nH]c2c1. The quantitative estimate of drug-likeness (QED) is 0.877. The van der Waals surface area contributed by atoms with Crippen LogP contribution in [0, 0.1) is 5.92 Å². The van der Waals surface area contributed by atoms with Crippen LogP contribution >= 0.6 is 0 Å². The second-order valence-electron chi connectivity index (χ2n) is 5.77. The van der Waals surface area contributed by atoms with Gasteiger partial charge in [-0.2, -0.15) is 5.10 Å². The number of amides is 1. The highest BCUT2D eigenvalue weighted by Crippen LogP contribution is 2.39. The Balaban J connectivity index is 1.74. The molecule has 20 heavy (non-hydrogen) atoms. The Morgan fingerprint density at radius 2 is 2.15 bits per heavy atom. The van der Waals surface area contributed by atoms with Crippen molar-refractivity contribution in [3.8, 4) is 0 Å². The lowest BCUT2D eigenvalue weighted by atomic mass is 9.94. The Labute approximate surface area is 116 Å². The van der Waals surface area contributed by atoms with Gasteiger partial charge >= 0.3 is 0 Å². The monoisotopic (exact) mass is 268 g/mol. The van der Waals surface area contributed by atoms with E-state index in [4.69, 9.17) is 0 Å². The molecule has 0 bridgehead atoms. The number of benzene rings is 1. The van der Waals surface area contributed by atoms with Gasteiger partial charge < -0.3 is 4.98 Å². The number of hydrazone groups is 1. The summed E-state index contributed by atoms with van der Waals surface area (Å²) in [6, 6.07) is 6.15. The van der Waals surface area contributed by atoms with Crippen molar-refractivity contribution in [1.82, 2.24) is 15.4 Å². The van der Waals surface area contributed by atoms with Crippen molar-refractivity contribution in [3.05, 3.63) is 29.6 Å². The van der Waals surface area contributed by atoms with E-state index < -0.39 is 0 Å². The highest BCUT2D eigenvalue weighted by Gasteiger charge is 2.27. The lowest BCUT2D eigenvalue weighted by molar-refractivity contribution is -0.121. The molecule has 0 saturated heterocycles. The zero-order chi connectivity index (χ0) is 13.7. The first kappa shape index (κ1) is 11.6. The molecule has 1 aliphatic carbocycles. The number of fused-ring (bicyclic) bond motifs is 1. The fraction of sp³-hybridized carbons (Fsp3) is 0.400. The second kappa shape index (κ2) is 4.16. The molecular formula is C15H16N4O. The van der Waals surface area contributed by atoms with Gasteiger partial charge in [-0.05, 0) is 25.0 Å². The van der Waals surface area contributed by atoms with Crippen molar-refractivity contribution in [2.45, 2.75) is 32.1 Å². The molecule has 5 heteroatoms. The molecule has 2 heterocycles. The average Bonchev–Trinajstić information content (AvgIpc) is 3.18. The number of hydrogen-bond donors (Lipinski definition) is 2. The Hall–Kier alpha value is -2.17. The Morgan fingerprint density at radius 3 is 2.90 bits per heavy atom. The molecule has 102 valence electrons. The maximum Gasteiger partial charge on any atom is 0.240 e. The summed E-state index contributed by atoms with van der Waals surface area (Å²) < 4.78 is 0. The van der Waals surface area contributed by atoms with E-state index in [1.54, 1.807) is 0 Å². The fourth-order valence-electron chi connectivity index (χ4n) is 2.74. The van der Waals surface area contributed by atoms with Gasteiger partial charge in [0.1, 0.15) is 5.82 Å². The number of H-pyrrole nitrogens is 1. The first-order valence-electron chi connectivity index (χ1n) is 7.07. The number of hydrogen-bond acceptors (Lipinski definition) is 3. The molecule has 4 rings (SSSR count). The Kier molecular flexibility index (Phi) is 2.42. The van der Waals surface area contributed by atoms with Gasteiger partial charge in [0, 0.05) is 23.8 Å². The van der Waals surface area contributed by atoms with E-state index in [-0.39, 0.29) is 11.8 Å². The lowest BCUT2D eigenvalue weighted by Gasteiger charge is -2.18. The smallest absolute Gasteiger partial charge is 0.240 e. The molecule has 1 atom stereocenters. The molecule has 2 aromatic rings. The standard InChI is InChI=1S/C15H16N4O/c1-8-6-13(20)18-19-14(8)10-4-5-11-12(7-10)17-15(16-11)9-2-3-9/h4-5,7-9H,2-3,6H2,1H3,(H,16,17)(H,18,20). The second-order valence-corrected chi connectivity index (χ2v) is 5.77. The zero-order valence-electron chi connectivity index (χ0n) is 11.3. The molecule has 2 N–H and O–H groups in total. The van der Waals surface area contributed by atoms with Gasteiger partial charge in [-0.1, -0.05) is 13.0 Å². The molecule has 0 spiro atoms. The number of aromatic amines is 1. The molecule has 1 amide bonds. The summed E-state index contributed by atoms with van der Waals surface area (Å²) in [6.45, 7) is 2.03. The highest BCUT2D eigenvalue weighted by molar-refractivity contribution is 6.07. The van der Waals surface area contributed by atoms with Gasteiger partial charge in [0.15, 0.2) is 0 Å². The summed E-state index contributed by atoms with van der Waals surface area (Å²) in [4.78, 5) is 19.3. The summed E-state index contributed by atoms with van der Waals surface area (Å²) in [5, 5.41) is 4.21. The van der Waals surface area contributed by atoms with Crippen LogP contribution in [0.4, 0.5) is 0 Å². The van der Waals surface area contributed by atoms with Crippen molar-refractivity contribution in [3.63, 3.8) is 0 Å². The Morgan fingerprint density at radius 1 is 1.30 bits per heavy atom. The third kappa shape index (κ3) is 1.90. The molecule has 1 unspecified atom stereocenters. The molecular weight excluding hydrogens is 252 g/mol. The van der Waals surface area contributed by atoms with Crippen molar-refractivity contribution in [2.24, 2.45) is 11.0 Å². The summed E-state index contributed by atoms with van der Waals surface area (Å²) >= 11 is 0. The molecule has 5 nitrogen and oxygen atoms in total. The molecule has 0 radical (unpaired) electrons. The number of rotatable bonds is 2. The normalized spacial score (nSPS) is 22.8. The third-order valence-corrected chi connectivity index (χ3v) is 4.02. The van der Waals surface area contributed by atoms with Gasteiger partial charge in [0.05, 0.1) is 16.7 Å². The van der Waals surface area contributed by atoms with Gasteiger partial charge in [0.2, 0.25) is 5.91 Å². The van der Waals surface area contributed by atoms with E-state index in [0.29, 0.717) is 12.3 Å². The summed E-state index contributed by atoms with van der Waals surface area (Å²) in [5.74, 6) is 1.85. The fourth-order valence-corrected chi connectivity index (χ4v) is 2.74. The van der Waals surface area contributed by atoms with Crippen LogP contribution in [0.3, 0.4) is 0 Å². The van der Waals surface area contributed by atoms with E-state index >= 15 is 0 Å². The minimum atomic E-state index is -0.0140. The number of carbonyl (C=O) groups excluding carboxylic acids is 1. The van der Waals surface area contributed by atoms with E-state index in [1.807, 2.05) is 19.1 Å². The first-order chi connectivity index (χ1) is 9.70. The van der Waals surface area contributed by atoms with Gasteiger partial charge in [-0.15, -0.1) is 0 Å². The van der Waals surface area contributed by atoms with Crippen molar-refractivity contribution in [1.29, 1.82) is 0 Å². The number of nitrogens with zero attached hydrogens (tertiary/aromatic N) is 2. The van der Waals surface area contributed by atoms with Crippen LogP contribution in [-0.4, -0.2) is 21.6 Å². The topological polar surface area (TPSA) is 70.1 Å². The number of carbonyl (C=O) groups is 1. The molecule has 1 fully saturated rings. The summed E-state index contributed by atoms with van der Waals surface area (Å²) in [6.07, 6.45) is 2.97. The van der Waals surface area contributed by atoms with Crippen LogP contribution in [0.2, 0.25) is 0 Å². The van der Waals surface area contributed by atoms with Crippen molar-refractivity contribution < 1.29 is 4.79 Å². The maximum atomic E-state index is 11.3. The minimum Gasteiger partial charge on any atom is -0.342 e. The molecule has 1 aromatic carbocycles. The number of nitrogens with one attached hydrogen (secondary N) is 2. The van der Waals surface area contributed by atoms with Crippen molar-refractivity contribution >= 4 is 22.7 Å². The first-order valence-corrected chi connectivity index (χ1v) is 7.07. The highest BCUT2D eigenvalue weighted by atomic mass is 16.2. The Bertz CT molecular complexity index is 727. The molecule has 1 aliphatic heterocycles. The minimum absolute atomic E-state index is 0.0140. The van der Waals surface area contributed by atoms with Gasteiger partial charge in [-0.25, -0.2) is 10.4 Å². The third-order valence-electron chi connectivity index (χ3n) is 4.02. The van der Waals surface area contributed by atoms with Crippen LogP contribution in [0.1, 0.15) is 43.5 Å². The number of aromatic nitrogens is 2. The maximum absolute atomic E-state index is 11.3. The molecule has 1 aromatic heterocycles. The van der Waals surface area contributed by atoms with Crippen molar-refractivity contribution in [2.75, 3.05) is 0 Å². The van der Waals surface area contributed by atoms with Gasteiger partial charge in [0.25, 0.3) is 0 Å². The molecule has 2 aliphatic rings. The average molecular weight is 268 g/mol. The number of imidazole rings is 1. The van der Waals surface area contributed by atoms with Crippen LogP contribution in [0.15, 0.2) is 23.3 Å². The van der Waals surface area contributed by atoms with Crippen LogP contribution in [0.5, 0.6) is 0 Å².